The largest absolute Gasteiger partial charge is 0.464 e. The molecule has 1 aromatic heterocycles. The summed E-state index contributed by atoms with van der Waals surface area (Å²) < 4.78 is 33.1. The molecular formula is C25H24N2O4S. The zero-order valence-electron chi connectivity index (χ0n) is 17.9. The lowest BCUT2D eigenvalue weighted by Crippen LogP contribution is -2.30. The van der Waals surface area contributed by atoms with Gasteiger partial charge < -0.3 is 9.73 Å². The lowest BCUT2D eigenvalue weighted by molar-refractivity contribution is -0.115. The Balaban J connectivity index is 1.48. The third kappa shape index (κ3) is 4.38. The fraction of sp³-hybridized carbons (Fsp3) is 0.160. The average Bonchev–Trinajstić information content (AvgIpc) is 3.17. The van der Waals surface area contributed by atoms with Gasteiger partial charge in [0.05, 0.1) is 23.3 Å². The number of nitrogens with zero attached hydrogens (tertiary/aromatic N) is 1. The van der Waals surface area contributed by atoms with Crippen molar-refractivity contribution in [3.8, 4) is 0 Å². The summed E-state index contributed by atoms with van der Waals surface area (Å²) in [5, 5.41) is 3.74. The number of amides is 1. The van der Waals surface area contributed by atoms with E-state index >= 15 is 0 Å². The van der Waals surface area contributed by atoms with E-state index in [-0.39, 0.29) is 17.2 Å². The second-order valence-corrected chi connectivity index (χ2v) is 9.38. The Labute approximate surface area is 187 Å². The molecule has 0 aliphatic carbocycles. The highest BCUT2D eigenvalue weighted by molar-refractivity contribution is 7.92. The zero-order valence-corrected chi connectivity index (χ0v) is 18.7. The Bertz CT molecular complexity index is 1340. The van der Waals surface area contributed by atoms with E-state index in [1.54, 1.807) is 49.6 Å². The molecule has 32 heavy (non-hydrogen) atoms. The molecular weight excluding hydrogens is 424 g/mol. The van der Waals surface area contributed by atoms with Gasteiger partial charge in [0.25, 0.3) is 10.0 Å². The van der Waals surface area contributed by atoms with Gasteiger partial charge in [-0.1, -0.05) is 29.8 Å². The average molecular weight is 449 g/mol. The summed E-state index contributed by atoms with van der Waals surface area (Å²) in [5.74, 6) is -0.204. The van der Waals surface area contributed by atoms with Gasteiger partial charge in [0.15, 0.2) is 0 Å². The highest BCUT2D eigenvalue weighted by atomic mass is 32.2. The maximum Gasteiger partial charge on any atom is 0.264 e. The van der Waals surface area contributed by atoms with Gasteiger partial charge >= 0.3 is 0 Å². The molecule has 4 rings (SSSR count). The quantitative estimate of drug-likeness (QED) is 0.425. The number of benzene rings is 3. The molecule has 1 amide bonds. The van der Waals surface area contributed by atoms with Crippen LogP contribution in [-0.4, -0.2) is 20.9 Å². The number of sulfonamides is 1. The van der Waals surface area contributed by atoms with Crippen LogP contribution >= 0.6 is 0 Å². The summed E-state index contributed by atoms with van der Waals surface area (Å²) in [6.07, 6.45) is 1.76. The fourth-order valence-electron chi connectivity index (χ4n) is 3.63. The number of aryl methyl sites for hydroxylation is 1. The summed E-state index contributed by atoms with van der Waals surface area (Å²) in [4.78, 5) is 12.7. The first kappa shape index (κ1) is 21.6. The number of carbonyl (C=O) groups is 1. The molecule has 0 aliphatic rings. The van der Waals surface area contributed by atoms with Crippen molar-refractivity contribution in [1.29, 1.82) is 0 Å². The number of nitrogens with one attached hydrogen (secondary N) is 1. The lowest BCUT2D eigenvalue weighted by atomic mass is 10.1. The van der Waals surface area contributed by atoms with Gasteiger partial charge in [-0.25, -0.2) is 8.42 Å². The molecule has 7 heteroatoms. The van der Waals surface area contributed by atoms with Gasteiger partial charge in [-0.15, -0.1) is 0 Å². The van der Waals surface area contributed by atoms with Gasteiger partial charge in [0, 0.05) is 23.2 Å². The van der Waals surface area contributed by atoms with Gasteiger partial charge in [-0.05, 0) is 62.4 Å². The number of furan rings is 1. The van der Waals surface area contributed by atoms with Crippen molar-refractivity contribution in [2.45, 2.75) is 25.2 Å². The van der Waals surface area contributed by atoms with Gasteiger partial charge in [-0.3, -0.25) is 9.10 Å². The second-order valence-electron chi connectivity index (χ2n) is 7.52. The Hall–Kier alpha value is -3.58. The lowest BCUT2D eigenvalue weighted by Gasteiger charge is -2.23. The van der Waals surface area contributed by atoms with Crippen LogP contribution in [0.25, 0.3) is 11.0 Å². The SMILES string of the molecule is CCN(c1ccccc1)S(=O)(=O)c1ccc(NC(=O)Cc2coc3ccc(C)cc23)cc1. The maximum atomic E-state index is 13.1. The normalized spacial score (nSPS) is 11.4. The highest BCUT2D eigenvalue weighted by Crippen LogP contribution is 2.25. The Kier molecular flexibility index (Phi) is 6.01. The van der Waals surface area contributed by atoms with E-state index in [1.807, 2.05) is 31.2 Å². The molecule has 3 aromatic carbocycles. The van der Waals surface area contributed by atoms with E-state index in [2.05, 4.69) is 5.32 Å². The van der Waals surface area contributed by atoms with E-state index in [4.69, 9.17) is 4.42 Å². The van der Waals surface area contributed by atoms with Crippen molar-refractivity contribution in [1.82, 2.24) is 0 Å². The number of rotatable bonds is 7. The van der Waals surface area contributed by atoms with Crippen molar-refractivity contribution < 1.29 is 17.6 Å². The molecule has 0 bridgehead atoms. The minimum atomic E-state index is -3.71. The molecule has 0 aliphatic heterocycles. The van der Waals surface area contributed by atoms with Crippen molar-refractivity contribution in [3.63, 3.8) is 0 Å². The van der Waals surface area contributed by atoms with Crippen molar-refractivity contribution in [3.05, 3.63) is 90.2 Å². The van der Waals surface area contributed by atoms with Crippen LogP contribution in [0.3, 0.4) is 0 Å². The maximum absolute atomic E-state index is 13.1. The monoisotopic (exact) mass is 448 g/mol. The standard InChI is InChI=1S/C25H24N2O4S/c1-3-27(21-7-5-4-6-8-21)32(29,30)22-12-10-20(11-13-22)26-25(28)16-19-17-31-24-14-9-18(2)15-23(19)24/h4-15,17H,3,16H2,1-2H3,(H,26,28). The fourth-order valence-corrected chi connectivity index (χ4v) is 5.11. The van der Waals surface area contributed by atoms with Crippen molar-refractivity contribution in [2.24, 2.45) is 0 Å². The van der Waals surface area contributed by atoms with E-state index in [0.717, 1.165) is 22.1 Å². The van der Waals surface area contributed by atoms with Crippen LogP contribution in [0.1, 0.15) is 18.1 Å². The summed E-state index contributed by atoms with van der Waals surface area (Å²) in [5.41, 5.74) is 3.78. The molecule has 1 heterocycles. The number of anilines is 2. The van der Waals surface area contributed by atoms with Gasteiger partial charge in [0.2, 0.25) is 5.91 Å². The molecule has 0 spiro atoms. The van der Waals surface area contributed by atoms with Crippen LogP contribution in [0.2, 0.25) is 0 Å². The molecule has 164 valence electrons. The molecule has 6 nitrogen and oxygen atoms in total. The van der Waals surface area contributed by atoms with Crippen molar-refractivity contribution in [2.75, 3.05) is 16.2 Å². The van der Waals surface area contributed by atoms with Crippen LogP contribution in [-0.2, 0) is 21.2 Å². The van der Waals surface area contributed by atoms with Gasteiger partial charge in [0.1, 0.15) is 5.58 Å². The van der Waals surface area contributed by atoms with Crippen LogP contribution in [0.15, 0.2) is 88.4 Å². The Morgan fingerprint density at radius 2 is 1.72 bits per heavy atom. The van der Waals surface area contributed by atoms with Gasteiger partial charge in [-0.2, -0.15) is 0 Å². The van der Waals surface area contributed by atoms with E-state index in [1.165, 1.54) is 16.4 Å². The summed E-state index contributed by atoms with van der Waals surface area (Å²) in [6.45, 7) is 4.09. The predicted molar refractivity (Wildman–Crippen MR) is 126 cm³/mol. The topological polar surface area (TPSA) is 79.6 Å². The number of para-hydroxylation sites is 1. The van der Waals surface area contributed by atoms with E-state index in [0.29, 0.717) is 17.9 Å². The first-order chi connectivity index (χ1) is 15.4. The summed E-state index contributed by atoms with van der Waals surface area (Å²) in [6, 6.07) is 21.0. The Morgan fingerprint density at radius 1 is 1.00 bits per heavy atom. The van der Waals surface area contributed by atoms with Crippen LogP contribution in [0.4, 0.5) is 11.4 Å². The molecule has 0 unspecified atom stereocenters. The number of hydrogen-bond acceptors (Lipinski definition) is 4. The summed E-state index contributed by atoms with van der Waals surface area (Å²) in [7, 11) is -3.71. The second kappa shape index (κ2) is 8.88. The third-order valence-corrected chi connectivity index (χ3v) is 7.13. The predicted octanol–water partition coefficient (Wildman–Crippen LogP) is 5.14. The number of hydrogen-bond donors (Lipinski definition) is 1. The first-order valence-corrected chi connectivity index (χ1v) is 11.8. The molecule has 0 saturated heterocycles. The van der Waals surface area contributed by atoms with Crippen LogP contribution in [0, 0.1) is 6.92 Å². The Morgan fingerprint density at radius 3 is 2.41 bits per heavy atom. The minimum Gasteiger partial charge on any atom is -0.464 e. The van der Waals surface area contributed by atoms with E-state index in [9.17, 15) is 13.2 Å². The van der Waals surface area contributed by atoms with Crippen LogP contribution < -0.4 is 9.62 Å². The summed E-state index contributed by atoms with van der Waals surface area (Å²) >= 11 is 0. The smallest absolute Gasteiger partial charge is 0.264 e. The molecule has 4 aromatic rings. The molecule has 0 saturated carbocycles. The third-order valence-electron chi connectivity index (χ3n) is 5.22. The first-order valence-electron chi connectivity index (χ1n) is 10.3. The zero-order chi connectivity index (χ0) is 22.7. The molecule has 1 N–H and O–H groups in total. The van der Waals surface area contributed by atoms with E-state index < -0.39 is 10.0 Å². The van der Waals surface area contributed by atoms with Crippen LogP contribution in [0.5, 0.6) is 0 Å². The molecule has 0 radical (unpaired) electrons. The molecule has 0 fully saturated rings. The molecule has 0 atom stereocenters. The van der Waals surface area contributed by atoms with Crippen molar-refractivity contribution >= 4 is 38.3 Å². The number of fused-ring (bicyclic) bond motifs is 1. The minimum absolute atomic E-state index is 0.161. The highest BCUT2D eigenvalue weighted by Gasteiger charge is 2.23. The number of carbonyl (C=O) groups excluding carboxylic acids is 1.